The molecule has 1 atom stereocenters. The summed E-state index contributed by atoms with van der Waals surface area (Å²) in [6.07, 6.45) is 0. The molecule has 2 N–H and O–H groups in total. The number of anilines is 1. The van der Waals surface area contributed by atoms with Crippen LogP contribution in [0.15, 0.2) is 42.5 Å². The van der Waals surface area contributed by atoms with Gasteiger partial charge in [0.15, 0.2) is 0 Å². The van der Waals surface area contributed by atoms with Crippen molar-refractivity contribution in [2.24, 2.45) is 0 Å². The lowest BCUT2D eigenvalue weighted by atomic mass is 10.1. The molecule has 0 radical (unpaired) electrons. The highest BCUT2D eigenvalue weighted by molar-refractivity contribution is 6.33. The lowest BCUT2D eigenvalue weighted by Gasteiger charge is -2.15. The summed E-state index contributed by atoms with van der Waals surface area (Å²) in [7, 11) is 0. The normalized spacial score (nSPS) is 12.0. The van der Waals surface area contributed by atoms with E-state index in [-0.39, 0.29) is 12.5 Å². The first-order valence-corrected chi connectivity index (χ1v) is 7.08. The second-order valence-corrected chi connectivity index (χ2v) is 5.20. The standard InChI is InChI=1S/C16H15ClF2N2O/c1-10(12-7-6-11(18)8-14(12)19)20-9-16(22)21-15-5-3-2-4-13(15)17/h2-8,10,20H,9H2,1H3,(H,21,22)/t10-/m0/s1. The van der Waals surface area contributed by atoms with Gasteiger partial charge >= 0.3 is 0 Å². The largest absolute Gasteiger partial charge is 0.324 e. The summed E-state index contributed by atoms with van der Waals surface area (Å²) in [6, 6.07) is 9.79. The third-order valence-electron chi connectivity index (χ3n) is 3.15. The first kappa shape index (κ1) is 16.4. The molecule has 2 aromatic rings. The van der Waals surface area contributed by atoms with Crippen LogP contribution in [-0.2, 0) is 4.79 Å². The second-order valence-electron chi connectivity index (χ2n) is 4.80. The maximum Gasteiger partial charge on any atom is 0.238 e. The molecule has 0 aliphatic heterocycles. The molecule has 2 aromatic carbocycles. The van der Waals surface area contributed by atoms with Gasteiger partial charge in [0.05, 0.1) is 17.3 Å². The fourth-order valence-corrected chi connectivity index (χ4v) is 2.15. The van der Waals surface area contributed by atoms with Gasteiger partial charge in [0.25, 0.3) is 0 Å². The Morgan fingerprint density at radius 3 is 2.64 bits per heavy atom. The minimum atomic E-state index is -0.647. The van der Waals surface area contributed by atoms with E-state index in [1.807, 2.05) is 0 Å². The summed E-state index contributed by atoms with van der Waals surface area (Å²) in [5, 5.41) is 5.97. The Morgan fingerprint density at radius 2 is 1.95 bits per heavy atom. The van der Waals surface area contributed by atoms with Crippen molar-refractivity contribution in [1.29, 1.82) is 0 Å². The Kier molecular flexibility index (Phi) is 5.46. The fraction of sp³-hybridized carbons (Fsp3) is 0.188. The van der Waals surface area contributed by atoms with Crippen LogP contribution in [0.1, 0.15) is 18.5 Å². The van der Waals surface area contributed by atoms with E-state index in [0.29, 0.717) is 16.3 Å². The summed E-state index contributed by atoms with van der Waals surface area (Å²) < 4.78 is 26.5. The van der Waals surface area contributed by atoms with E-state index in [4.69, 9.17) is 11.6 Å². The number of carbonyl (C=O) groups is 1. The van der Waals surface area contributed by atoms with E-state index in [1.54, 1.807) is 31.2 Å². The smallest absolute Gasteiger partial charge is 0.238 e. The minimum absolute atomic E-state index is 0.0246. The van der Waals surface area contributed by atoms with Gasteiger partial charge in [-0.3, -0.25) is 4.79 Å². The zero-order valence-corrected chi connectivity index (χ0v) is 12.6. The van der Waals surface area contributed by atoms with Crippen molar-refractivity contribution < 1.29 is 13.6 Å². The van der Waals surface area contributed by atoms with Crippen molar-refractivity contribution in [3.63, 3.8) is 0 Å². The summed E-state index contributed by atoms with van der Waals surface area (Å²) >= 11 is 5.94. The van der Waals surface area contributed by atoms with E-state index in [1.165, 1.54) is 12.1 Å². The zero-order chi connectivity index (χ0) is 16.1. The molecule has 0 unspecified atom stereocenters. The molecule has 0 saturated carbocycles. The second kappa shape index (κ2) is 7.33. The Morgan fingerprint density at radius 1 is 1.23 bits per heavy atom. The topological polar surface area (TPSA) is 41.1 Å². The third kappa shape index (κ3) is 4.26. The molecular formula is C16H15ClF2N2O. The molecule has 2 rings (SSSR count). The average Bonchev–Trinajstić information content (AvgIpc) is 2.47. The van der Waals surface area contributed by atoms with Crippen LogP contribution in [0.5, 0.6) is 0 Å². The lowest BCUT2D eigenvalue weighted by molar-refractivity contribution is -0.115. The maximum absolute atomic E-state index is 13.6. The Bertz CT molecular complexity index is 679. The number of para-hydroxylation sites is 1. The van der Waals surface area contributed by atoms with Gasteiger partial charge in [-0.2, -0.15) is 0 Å². The third-order valence-corrected chi connectivity index (χ3v) is 3.48. The van der Waals surface area contributed by atoms with Gasteiger partial charge < -0.3 is 10.6 Å². The van der Waals surface area contributed by atoms with Gasteiger partial charge in [-0.05, 0) is 25.1 Å². The first-order valence-electron chi connectivity index (χ1n) is 6.70. The van der Waals surface area contributed by atoms with Gasteiger partial charge in [-0.1, -0.05) is 29.8 Å². The highest BCUT2D eigenvalue weighted by atomic mass is 35.5. The van der Waals surface area contributed by atoms with Crippen molar-refractivity contribution in [2.75, 3.05) is 11.9 Å². The van der Waals surface area contributed by atoms with Crippen molar-refractivity contribution in [2.45, 2.75) is 13.0 Å². The molecule has 0 heterocycles. The molecule has 116 valence electrons. The highest BCUT2D eigenvalue weighted by Gasteiger charge is 2.13. The van der Waals surface area contributed by atoms with E-state index in [0.717, 1.165) is 6.07 Å². The van der Waals surface area contributed by atoms with Crippen molar-refractivity contribution in [3.05, 3.63) is 64.7 Å². The van der Waals surface area contributed by atoms with E-state index in [9.17, 15) is 13.6 Å². The molecule has 0 saturated heterocycles. The summed E-state index contributed by atoms with van der Waals surface area (Å²) in [4.78, 5) is 11.9. The maximum atomic E-state index is 13.6. The van der Waals surface area contributed by atoms with Crippen LogP contribution < -0.4 is 10.6 Å². The molecule has 0 fully saturated rings. The SMILES string of the molecule is C[C@H](NCC(=O)Nc1ccccc1Cl)c1ccc(F)cc1F. The number of hydrogen-bond acceptors (Lipinski definition) is 2. The van der Waals surface area contributed by atoms with Gasteiger partial charge in [0.1, 0.15) is 11.6 Å². The summed E-state index contributed by atoms with van der Waals surface area (Å²) in [5.74, 6) is -1.58. The predicted molar refractivity (Wildman–Crippen MR) is 82.9 cm³/mol. The van der Waals surface area contributed by atoms with Gasteiger partial charge in [-0.25, -0.2) is 8.78 Å². The number of benzene rings is 2. The zero-order valence-electron chi connectivity index (χ0n) is 11.9. The summed E-state index contributed by atoms with van der Waals surface area (Å²) in [6.45, 7) is 1.67. The van der Waals surface area contributed by atoms with Gasteiger partial charge in [0.2, 0.25) is 5.91 Å². The van der Waals surface area contributed by atoms with Gasteiger partial charge in [-0.15, -0.1) is 0 Å². The van der Waals surface area contributed by atoms with Crippen LogP contribution in [-0.4, -0.2) is 12.5 Å². The van der Waals surface area contributed by atoms with Crippen LogP contribution in [0.2, 0.25) is 5.02 Å². The summed E-state index contributed by atoms with van der Waals surface area (Å²) in [5.41, 5.74) is 0.809. The van der Waals surface area contributed by atoms with Crippen LogP contribution in [0.3, 0.4) is 0 Å². The predicted octanol–water partition coefficient (Wildman–Crippen LogP) is 3.91. The molecule has 22 heavy (non-hydrogen) atoms. The fourth-order valence-electron chi connectivity index (χ4n) is 1.97. The number of carbonyl (C=O) groups excluding carboxylic acids is 1. The van der Waals surface area contributed by atoms with Crippen LogP contribution >= 0.6 is 11.6 Å². The quantitative estimate of drug-likeness (QED) is 0.875. The van der Waals surface area contributed by atoms with Crippen LogP contribution in [0, 0.1) is 11.6 Å². The molecule has 0 aromatic heterocycles. The number of amides is 1. The first-order chi connectivity index (χ1) is 10.5. The minimum Gasteiger partial charge on any atom is -0.324 e. The molecular weight excluding hydrogens is 310 g/mol. The van der Waals surface area contributed by atoms with Crippen molar-refractivity contribution in [3.8, 4) is 0 Å². The Labute approximate surface area is 132 Å². The molecule has 0 aliphatic rings. The van der Waals surface area contributed by atoms with Gasteiger partial charge in [0, 0.05) is 17.7 Å². The Balaban J connectivity index is 1.92. The number of rotatable bonds is 5. The van der Waals surface area contributed by atoms with E-state index < -0.39 is 17.7 Å². The molecule has 0 aliphatic carbocycles. The monoisotopic (exact) mass is 324 g/mol. The van der Waals surface area contributed by atoms with E-state index >= 15 is 0 Å². The molecule has 3 nitrogen and oxygen atoms in total. The number of nitrogens with one attached hydrogen (secondary N) is 2. The van der Waals surface area contributed by atoms with Crippen molar-refractivity contribution >= 4 is 23.2 Å². The van der Waals surface area contributed by atoms with Crippen molar-refractivity contribution in [1.82, 2.24) is 5.32 Å². The molecule has 0 bridgehead atoms. The Hall–Kier alpha value is -1.98. The number of hydrogen-bond donors (Lipinski definition) is 2. The highest BCUT2D eigenvalue weighted by Crippen LogP contribution is 2.20. The average molecular weight is 325 g/mol. The lowest BCUT2D eigenvalue weighted by Crippen LogP contribution is -2.30. The molecule has 0 spiro atoms. The van der Waals surface area contributed by atoms with Crippen LogP contribution in [0.4, 0.5) is 14.5 Å². The van der Waals surface area contributed by atoms with E-state index in [2.05, 4.69) is 10.6 Å². The molecule has 6 heteroatoms. The van der Waals surface area contributed by atoms with Crippen LogP contribution in [0.25, 0.3) is 0 Å². The number of halogens is 3. The molecule has 1 amide bonds.